The van der Waals surface area contributed by atoms with E-state index in [-0.39, 0.29) is 44.5 Å². The number of aliphatic hydroxyl groups excluding tert-OH is 1. The van der Waals surface area contributed by atoms with Gasteiger partial charge in [-0.3, -0.25) is 4.79 Å². The summed E-state index contributed by atoms with van der Waals surface area (Å²) in [6.07, 6.45) is 2.02. The van der Waals surface area contributed by atoms with Crippen molar-refractivity contribution in [3.05, 3.63) is 29.4 Å². The number of hydrogen-bond acceptors (Lipinski definition) is 3. The third kappa shape index (κ3) is 3.29. The predicted molar refractivity (Wildman–Crippen MR) is 103 cm³/mol. The zero-order valence-corrected chi connectivity index (χ0v) is 16.1. The molecule has 4 rings (SSSR count). The minimum atomic E-state index is -2.63. The van der Waals surface area contributed by atoms with Crippen molar-refractivity contribution in [2.45, 2.75) is 38.2 Å². The number of halogens is 3. The number of nitrogens with one attached hydrogen (secondary N) is 1. The Morgan fingerprint density at radius 3 is 2.64 bits per heavy atom. The molecule has 1 saturated carbocycles. The molecule has 5 nitrogen and oxygen atoms in total. The lowest BCUT2D eigenvalue weighted by molar-refractivity contribution is -0.179. The Kier molecular flexibility index (Phi) is 5.10. The van der Waals surface area contributed by atoms with Gasteiger partial charge in [-0.1, -0.05) is 17.7 Å². The molecule has 1 aliphatic carbocycles. The van der Waals surface area contributed by atoms with Crippen LogP contribution in [-0.4, -0.2) is 41.3 Å². The number of alkyl halides is 2. The predicted octanol–water partition coefficient (Wildman–Crippen LogP) is 4.07. The number of anilines is 1. The van der Waals surface area contributed by atoms with Crippen LogP contribution in [0.5, 0.6) is 0 Å². The average molecular weight is 413 g/mol. The summed E-state index contributed by atoms with van der Waals surface area (Å²) < 4.78 is 34.3. The number of hydrogen-bond donors (Lipinski definition) is 2. The van der Waals surface area contributed by atoms with Crippen LogP contribution in [-0.2, 0) is 16.1 Å². The van der Waals surface area contributed by atoms with Crippen LogP contribution in [0.1, 0.15) is 25.7 Å². The molecule has 1 aromatic heterocycles. The molecule has 1 saturated heterocycles. The van der Waals surface area contributed by atoms with Gasteiger partial charge in [0.2, 0.25) is 11.8 Å². The molecule has 2 aliphatic rings. The van der Waals surface area contributed by atoms with Gasteiger partial charge in [0.25, 0.3) is 0 Å². The third-order valence-electron chi connectivity index (χ3n) is 6.11. The second-order valence-corrected chi connectivity index (χ2v) is 8.23. The fourth-order valence-corrected chi connectivity index (χ4v) is 4.68. The highest BCUT2D eigenvalue weighted by Gasteiger charge is 2.54. The highest BCUT2D eigenvalue weighted by Crippen LogP contribution is 2.48. The normalized spacial score (nSPS) is 21.4. The Bertz CT molecular complexity index is 885. The third-order valence-corrected chi connectivity index (χ3v) is 6.43. The molecule has 0 atom stereocenters. The number of aliphatic hydroxyl groups is 1. The number of ether oxygens (including phenoxy) is 1. The zero-order valence-electron chi connectivity index (χ0n) is 15.4. The molecule has 0 unspecified atom stereocenters. The van der Waals surface area contributed by atoms with Gasteiger partial charge < -0.3 is 19.7 Å². The fraction of sp³-hybridized carbons (Fsp3) is 0.550. The van der Waals surface area contributed by atoms with Crippen LogP contribution in [0, 0.1) is 11.3 Å². The summed E-state index contributed by atoms with van der Waals surface area (Å²) in [5.41, 5.74) is 0.600. The van der Waals surface area contributed by atoms with E-state index in [9.17, 15) is 18.7 Å². The molecule has 1 amide bonds. The quantitative estimate of drug-likeness (QED) is 0.778. The van der Waals surface area contributed by atoms with Crippen LogP contribution in [0.4, 0.5) is 14.5 Å². The topological polar surface area (TPSA) is 63.5 Å². The van der Waals surface area contributed by atoms with Gasteiger partial charge in [-0.15, -0.1) is 0 Å². The van der Waals surface area contributed by atoms with Crippen LogP contribution < -0.4 is 5.32 Å². The Balaban J connectivity index is 1.61. The van der Waals surface area contributed by atoms with Gasteiger partial charge in [0, 0.05) is 31.0 Å². The molecule has 0 spiro atoms. The summed E-state index contributed by atoms with van der Waals surface area (Å²) in [5, 5.41) is 13.5. The molecule has 152 valence electrons. The first-order valence-corrected chi connectivity index (χ1v) is 9.89. The van der Waals surface area contributed by atoms with Crippen LogP contribution in [0.3, 0.4) is 0 Å². The van der Waals surface area contributed by atoms with Crippen LogP contribution in [0.25, 0.3) is 10.9 Å². The smallest absolute Gasteiger partial charge is 0.248 e. The van der Waals surface area contributed by atoms with E-state index in [4.69, 9.17) is 16.3 Å². The maximum atomic E-state index is 13.6. The number of carbonyl (C=O) groups excluding carboxylic acids is 1. The molecule has 28 heavy (non-hydrogen) atoms. The molecule has 1 aliphatic heterocycles. The summed E-state index contributed by atoms with van der Waals surface area (Å²) in [7, 11) is 0. The van der Waals surface area contributed by atoms with Gasteiger partial charge in [-0.05, 0) is 30.9 Å². The number of nitrogens with zero attached hydrogens (tertiary/aromatic N) is 1. The molecule has 0 radical (unpaired) electrons. The zero-order chi connectivity index (χ0) is 19.9. The summed E-state index contributed by atoms with van der Waals surface area (Å²) >= 11 is 6.37. The van der Waals surface area contributed by atoms with Gasteiger partial charge in [0.1, 0.15) is 0 Å². The second-order valence-electron chi connectivity index (χ2n) is 7.83. The largest absolute Gasteiger partial charge is 0.395 e. The number of carbonyl (C=O) groups is 1. The summed E-state index contributed by atoms with van der Waals surface area (Å²) in [6, 6.07) is 5.43. The number of benzene rings is 1. The van der Waals surface area contributed by atoms with Gasteiger partial charge in [-0.25, -0.2) is 8.78 Å². The van der Waals surface area contributed by atoms with E-state index in [1.807, 2.05) is 16.7 Å². The van der Waals surface area contributed by atoms with E-state index in [2.05, 4.69) is 5.32 Å². The monoisotopic (exact) mass is 412 g/mol. The second kappa shape index (κ2) is 7.28. The van der Waals surface area contributed by atoms with Crippen LogP contribution in [0.15, 0.2) is 24.4 Å². The first kappa shape index (κ1) is 19.6. The minimum Gasteiger partial charge on any atom is -0.395 e. The van der Waals surface area contributed by atoms with Gasteiger partial charge in [0.15, 0.2) is 0 Å². The molecule has 8 heteroatoms. The van der Waals surface area contributed by atoms with Gasteiger partial charge >= 0.3 is 0 Å². The Morgan fingerprint density at radius 1 is 1.32 bits per heavy atom. The first-order valence-electron chi connectivity index (χ1n) is 9.51. The van der Waals surface area contributed by atoms with Crippen LogP contribution >= 0.6 is 11.6 Å². The average Bonchev–Trinajstić information content (AvgIpc) is 2.94. The summed E-state index contributed by atoms with van der Waals surface area (Å²) in [5.74, 6) is -2.97. The van der Waals surface area contributed by atoms with Crippen molar-refractivity contribution < 1.29 is 23.4 Å². The first-order chi connectivity index (χ1) is 13.4. The highest BCUT2D eigenvalue weighted by molar-refractivity contribution is 6.36. The van der Waals surface area contributed by atoms with E-state index < -0.39 is 11.3 Å². The number of aromatic nitrogens is 1. The Labute approximate surface area is 166 Å². The van der Waals surface area contributed by atoms with Crippen molar-refractivity contribution >= 4 is 34.1 Å². The molecule has 2 aromatic rings. The number of rotatable bonds is 5. The van der Waals surface area contributed by atoms with Crippen molar-refractivity contribution in [1.82, 2.24) is 4.57 Å². The van der Waals surface area contributed by atoms with Crippen molar-refractivity contribution in [2.24, 2.45) is 11.3 Å². The van der Waals surface area contributed by atoms with Gasteiger partial charge in [0.05, 0.1) is 41.5 Å². The summed E-state index contributed by atoms with van der Waals surface area (Å²) in [4.78, 5) is 13.2. The Hall–Kier alpha value is -1.70. The SMILES string of the molecule is O=C(Nc1cn(CCO)c2cccc(Cl)c12)C1(C2CCC(F)(F)CC2)COC1. The summed E-state index contributed by atoms with van der Waals surface area (Å²) in [6.45, 7) is 0.826. The van der Waals surface area contributed by atoms with Crippen molar-refractivity contribution in [3.8, 4) is 0 Å². The van der Waals surface area contributed by atoms with Crippen molar-refractivity contribution in [3.63, 3.8) is 0 Å². The van der Waals surface area contributed by atoms with E-state index in [1.54, 1.807) is 12.3 Å². The van der Waals surface area contributed by atoms with Gasteiger partial charge in [-0.2, -0.15) is 0 Å². The van der Waals surface area contributed by atoms with E-state index in [0.29, 0.717) is 35.5 Å². The highest BCUT2D eigenvalue weighted by atomic mass is 35.5. The number of amides is 1. The number of fused-ring (bicyclic) bond motifs is 1. The van der Waals surface area contributed by atoms with Crippen molar-refractivity contribution in [2.75, 3.05) is 25.1 Å². The fourth-order valence-electron chi connectivity index (χ4n) is 4.41. The van der Waals surface area contributed by atoms with E-state index >= 15 is 0 Å². The molecule has 2 heterocycles. The lowest BCUT2D eigenvalue weighted by Gasteiger charge is -2.47. The lowest BCUT2D eigenvalue weighted by Crippen LogP contribution is -2.57. The molecular formula is C20H23ClF2N2O3. The maximum absolute atomic E-state index is 13.6. The van der Waals surface area contributed by atoms with E-state index in [1.165, 1.54) is 0 Å². The van der Waals surface area contributed by atoms with Crippen LogP contribution in [0.2, 0.25) is 5.02 Å². The van der Waals surface area contributed by atoms with E-state index in [0.717, 1.165) is 5.52 Å². The molecule has 2 N–H and O–H groups in total. The Morgan fingerprint density at radius 2 is 2.04 bits per heavy atom. The van der Waals surface area contributed by atoms with Crippen molar-refractivity contribution in [1.29, 1.82) is 0 Å². The lowest BCUT2D eigenvalue weighted by atomic mass is 9.66. The minimum absolute atomic E-state index is 0.0439. The maximum Gasteiger partial charge on any atom is 0.248 e. The molecular weight excluding hydrogens is 390 g/mol. The standard InChI is InChI=1S/C20H23ClF2N2O3/c21-14-2-1-3-16-17(14)15(10-25(16)8-9-26)24-18(27)19(11-28-12-19)13-4-6-20(22,23)7-5-13/h1-3,10,13,26H,4-9,11-12H2,(H,24,27). The molecule has 2 fully saturated rings. The molecule has 0 bridgehead atoms. The molecule has 1 aromatic carbocycles.